The highest BCUT2D eigenvalue weighted by Crippen LogP contribution is 2.56. The van der Waals surface area contributed by atoms with Crippen molar-refractivity contribution >= 4 is 23.2 Å². The molecule has 1 aliphatic rings. The number of unbranched alkanes of at least 4 members (excludes halogenated alkanes) is 1. The topological polar surface area (TPSA) is 12.5 Å². The molecular weight excluding hydrogens is 587 g/mol. The summed E-state index contributed by atoms with van der Waals surface area (Å²) in [6.07, 6.45) is 23.0. The molecule has 0 spiro atoms. The van der Waals surface area contributed by atoms with Crippen molar-refractivity contribution in [2.45, 2.75) is 117 Å². The number of rotatable bonds is 19. The molecule has 0 saturated carbocycles. The molecule has 1 saturated heterocycles. The maximum absolute atomic E-state index is 5.71. The zero-order valence-electron chi connectivity index (χ0n) is 30.2. The van der Waals surface area contributed by atoms with E-state index in [1.165, 1.54) is 63.6 Å². The fourth-order valence-corrected chi connectivity index (χ4v) is 11.1. The average molecular weight is 648 g/mol. The van der Waals surface area contributed by atoms with E-state index in [0.717, 1.165) is 44.9 Å². The fraction of sp³-hybridized carbons (Fsp3) is 0.422. The summed E-state index contributed by atoms with van der Waals surface area (Å²) in [5.74, 6) is 0. The highest BCUT2D eigenvalue weighted by Gasteiger charge is 2.46. The first-order valence-electron chi connectivity index (χ1n) is 18.1. The minimum absolute atomic E-state index is 0.119. The van der Waals surface area contributed by atoms with Gasteiger partial charge in [0.1, 0.15) is 23.2 Å². The number of ether oxygens (including phenoxy) is 1. The van der Waals surface area contributed by atoms with Gasteiger partial charge in [-0.15, -0.1) is 0 Å². The molecule has 0 radical (unpaired) electrons. The van der Waals surface area contributed by atoms with Gasteiger partial charge in [-0.1, -0.05) is 101 Å². The summed E-state index contributed by atoms with van der Waals surface area (Å²) < 4.78 is 5.71. The molecule has 0 N–H and O–H groups in total. The van der Waals surface area contributed by atoms with E-state index < -0.39 is 7.26 Å². The van der Waals surface area contributed by atoms with E-state index in [1.54, 1.807) is 0 Å². The van der Waals surface area contributed by atoms with Crippen molar-refractivity contribution in [2.24, 2.45) is 0 Å². The Morgan fingerprint density at radius 1 is 0.553 bits per heavy atom. The van der Waals surface area contributed by atoms with Crippen molar-refractivity contribution in [3.63, 3.8) is 0 Å². The molecule has 0 bridgehead atoms. The van der Waals surface area contributed by atoms with Gasteiger partial charge in [0.15, 0.2) is 0 Å². The molecule has 3 aromatic rings. The zero-order chi connectivity index (χ0) is 33.5. The first-order chi connectivity index (χ1) is 22.7. The number of hydrogen-bond donors (Lipinski definition) is 0. The second-order valence-electron chi connectivity index (χ2n) is 14.2. The minimum Gasteiger partial charge on any atom is -0.367 e. The number of hydrogen-bond acceptors (Lipinski definition) is 1. The smallest absolute Gasteiger partial charge is 0.112 e. The van der Waals surface area contributed by atoms with Gasteiger partial charge < -0.3 is 4.74 Å². The molecule has 1 atom stereocenters. The van der Waals surface area contributed by atoms with E-state index in [4.69, 9.17) is 4.74 Å². The molecule has 250 valence electrons. The van der Waals surface area contributed by atoms with Crippen LogP contribution in [0, 0.1) is 0 Å². The van der Waals surface area contributed by atoms with Gasteiger partial charge >= 0.3 is 0 Å². The van der Waals surface area contributed by atoms with Crippen LogP contribution in [0.5, 0.6) is 0 Å². The van der Waals surface area contributed by atoms with Crippen LogP contribution in [0.4, 0.5) is 0 Å². The van der Waals surface area contributed by atoms with Crippen molar-refractivity contribution in [1.29, 1.82) is 0 Å². The van der Waals surface area contributed by atoms with Crippen LogP contribution in [0.3, 0.4) is 0 Å². The summed E-state index contributed by atoms with van der Waals surface area (Å²) in [4.78, 5) is 0. The monoisotopic (exact) mass is 647 g/mol. The Kier molecular flexibility index (Phi) is 14.5. The van der Waals surface area contributed by atoms with E-state index in [2.05, 4.69) is 157 Å². The Bertz CT molecular complexity index is 1380. The maximum atomic E-state index is 5.71. The summed E-state index contributed by atoms with van der Waals surface area (Å²) in [6.45, 7) is 13.6. The summed E-state index contributed by atoms with van der Waals surface area (Å²) in [5.41, 5.74) is 6.20. The van der Waals surface area contributed by atoms with Crippen molar-refractivity contribution in [3.05, 3.63) is 138 Å². The molecule has 1 heterocycles. The van der Waals surface area contributed by atoms with Crippen molar-refractivity contribution in [2.75, 3.05) is 6.16 Å². The van der Waals surface area contributed by atoms with Gasteiger partial charge in [0, 0.05) is 0 Å². The molecule has 0 aliphatic carbocycles. The fourth-order valence-electron chi connectivity index (χ4n) is 6.71. The van der Waals surface area contributed by atoms with E-state index in [9.17, 15) is 0 Å². The lowest BCUT2D eigenvalue weighted by Gasteiger charge is -2.27. The Labute approximate surface area is 288 Å². The molecule has 4 rings (SSSR count). The summed E-state index contributed by atoms with van der Waals surface area (Å²) >= 11 is 0. The second-order valence-corrected chi connectivity index (χ2v) is 17.9. The van der Waals surface area contributed by atoms with Crippen LogP contribution in [0.1, 0.15) is 106 Å². The van der Waals surface area contributed by atoms with Gasteiger partial charge in [-0.05, 0) is 142 Å². The third-order valence-corrected chi connectivity index (χ3v) is 14.4. The molecule has 3 aromatic carbocycles. The maximum Gasteiger partial charge on any atom is 0.112 e. The van der Waals surface area contributed by atoms with Crippen LogP contribution in [-0.2, 0) is 4.74 Å². The Balaban J connectivity index is 1.22. The number of epoxide rings is 1. The third-order valence-electron chi connectivity index (χ3n) is 9.84. The summed E-state index contributed by atoms with van der Waals surface area (Å²) in [7, 11) is -1.74. The standard InChI is InChI=1S/C45H60OP/c1-37(21-16-17-22-39(3)34-35-40(4)25-19-33-44-45(5,6)46-44)23-18-24-38(2)26-20-36-47(41-27-10-7-11-28-41,42-29-12-8-13-30-42)43-31-14-9-15-32-43/h7-15,21-22,24-25,27-32,44H,16-20,23,26,33-36H2,1-6H3/q+1/b37-21+,38-24+,39-22+,40-25+. The summed E-state index contributed by atoms with van der Waals surface area (Å²) in [5, 5.41) is 4.45. The normalized spacial score (nSPS) is 17.2. The predicted octanol–water partition coefficient (Wildman–Crippen LogP) is 11.8. The molecule has 2 heteroatoms. The second kappa shape index (κ2) is 18.5. The molecule has 1 unspecified atom stereocenters. The largest absolute Gasteiger partial charge is 0.367 e. The Morgan fingerprint density at radius 3 is 1.38 bits per heavy atom. The van der Waals surface area contributed by atoms with Crippen LogP contribution in [0.15, 0.2) is 138 Å². The van der Waals surface area contributed by atoms with Gasteiger partial charge in [-0.25, -0.2) is 0 Å². The SMILES string of the molecule is C/C(=C\CC/C=C(\C)CC/C(C)=C/CCC1OC1(C)C)CC/C=C(\C)CCC[P+](c1ccccc1)(c1ccccc1)c1ccccc1. The third kappa shape index (κ3) is 11.6. The van der Waals surface area contributed by atoms with Crippen LogP contribution in [-0.4, -0.2) is 17.9 Å². The molecule has 1 nitrogen and oxygen atoms in total. The van der Waals surface area contributed by atoms with Crippen molar-refractivity contribution in [3.8, 4) is 0 Å². The van der Waals surface area contributed by atoms with Crippen LogP contribution in [0.2, 0.25) is 0 Å². The molecular formula is C45H60OP+. The zero-order valence-corrected chi connectivity index (χ0v) is 31.1. The van der Waals surface area contributed by atoms with E-state index in [1.807, 2.05) is 0 Å². The Morgan fingerprint density at radius 2 is 0.936 bits per heavy atom. The van der Waals surface area contributed by atoms with Gasteiger partial charge in [-0.2, -0.15) is 0 Å². The lowest BCUT2D eigenvalue weighted by molar-refractivity contribution is 0.320. The van der Waals surface area contributed by atoms with Crippen molar-refractivity contribution in [1.82, 2.24) is 0 Å². The van der Waals surface area contributed by atoms with Gasteiger partial charge in [0.05, 0.1) is 17.9 Å². The lowest BCUT2D eigenvalue weighted by Crippen LogP contribution is -2.33. The molecule has 1 fully saturated rings. The highest BCUT2D eigenvalue weighted by molar-refractivity contribution is 7.95. The first kappa shape index (κ1) is 36.8. The average Bonchev–Trinajstić information content (AvgIpc) is 3.70. The van der Waals surface area contributed by atoms with Gasteiger partial charge in [0.2, 0.25) is 0 Å². The molecule has 1 aliphatic heterocycles. The van der Waals surface area contributed by atoms with Gasteiger partial charge in [-0.3, -0.25) is 0 Å². The minimum atomic E-state index is -1.74. The predicted molar refractivity (Wildman–Crippen MR) is 210 cm³/mol. The van der Waals surface area contributed by atoms with E-state index in [-0.39, 0.29) is 5.60 Å². The molecule has 0 aromatic heterocycles. The highest BCUT2D eigenvalue weighted by atomic mass is 31.2. The van der Waals surface area contributed by atoms with Crippen LogP contribution >= 0.6 is 7.26 Å². The number of allylic oxidation sites excluding steroid dienone is 8. The molecule has 47 heavy (non-hydrogen) atoms. The quantitative estimate of drug-likeness (QED) is 0.0546. The summed E-state index contributed by atoms with van der Waals surface area (Å²) in [6, 6.07) is 33.8. The van der Waals surface area contributed by atoms with E-state index in [0.29, 0.717) is 6.10 Å². The first-order valence-corrected chi connectivity index (χ1v) is 20.0. The van der Waals surface area contributed by atoms with Crippen LogP contribution in [0.25, 0.3) is 0 Å². The lowest BCUT2D eigenvalue weighted by atomic mass is 10.0. The molecule has 0 amide bonds. The van der Waals surface area contributed by atoms with Gasteiger partial charge in [0.25, 0.3) is 0 Å². The Hall–Kier alpha value is -2.99. The van der Waals surface area contributed by atoms with Crippen molar-refractivity contribution < 1.29 is 4.74 Å². The van der Waals surface area contributed by atoms with E-state index >= 15 is 0 Å². The number of benzene rings is 3. The van der Waals surface area contributed by atoms with Crippen LogP contribution < -0.4 is 15.9 Å².